The molecule has 1 rings (SSSR count). The van der Waals surface area contributed by atoms with Crippen LogP contribution in [-0.4, -0.2) is 22.9 Å². The lowest BCUT2D eigenvalue weighted by molar-refractivity contribution is -0.0606. The summed E-state index contributed by atoms with van der Waals surface area (Å²) in [7, 11) is 0. The van der Waals surface area contributed by atoms with Gasteiger partial charge in [0.05, 0.1) is 17.8 Å². The van der Waals surface area contributed by atoms with Crippen LogP contribution in [0.4, 0.5) is 0 Å². The van der Waals surface area contributed by atoms with Crippen molar-refractivity contribution in [2.24, 2.45) is 5.92 Å². The molecule has 0 bridgehead atoms. The Kier molecular flexibility index (Phi) is 4.60. The summed E-state index contributed by atoms with van der Waals surface area (Å²) in [6.45, 7) is 8.48. The number of aliphatic hydroxyl groups is 1. The van der Waals surface area contributed by atoms with Crippen molar-refractivity contribution in [3.63, 3.8) is 0 Å². The SMILES string of the molecule is CCC1CC(C(O)(CC)CC)C(CC)O1. The molecule has 1 N–H and O–H groups in total. The topological polar surface area (TPSA) is 29.5 Å². The van der Waals surface area contributed by atoms with Crippen molar-refractivity contribution in [2.75, 3.05) is 0 Å². The van der Waals surface area contributed by atoms with Gasteiger partial charge in [0.2, 0.25) is 0 Å². The molecule has 2 nitrogen and oxygen atoms in total. The highest BCUT2D eigenvalue weighted by molar-refractivity contribution is 4.94. The van der Waals surface area contributed by atoms with Gasteiger partial charge in [-0.1, -0.05) is 27.7 Å². The molecular formula is C13H26O2. The predicted octanol–water partition coefficient (Wildman–Crippen LogP) is 3.13. The summed E-state index contributed by atoms with van der Waals surface area (Å²) in [6, 6.07) is 0. The van der Waals surface area contributed by atoms with E-state index in [1.807, 2.05) is 0 Å². The van der Waals surface area contributed by atoms with Gasteiger partial charge in [-0.15, -0.1) is 0 Å². The monoisotopic (exact) mass is 214 g/mol. The van der Waals surface area contributed by atoms with E-state index in [1.165, 1.54) is 0 Å². The molecule has 2 heteroatoms. The molecule has 0 aromatic heterocycles. The fraction of sp³-hybridized carbons (Fsp3) is 1.00. The van der Waals surface area contributed by atoms with E-state index in [-0.39, 0.29) is 6.10 Å². The largest absolute Gasteiger partial charge is 0.390 e. The van der Waals surface area contributed by atoms with Crippen LogP contribution in [0.2, 0.25) is 0 Å². The number of hydrogen-bond acceptors (Lipinski definition) is 2. The van der Waals surface area contributed by atoms with E-state index >= 15 is 0 Å². The average Bonchev–Trinajstić information content (AvgIpc) is 2.71. The van der Waals surface area contributed by atoms with Crippen LogP contribution in [0.25, 0.3) is 0 Å². The Balaban J connectivity index is 2.74. The Hall–Kier alpha value is -0.0800. The first-order chi connectivity index (χ1) is 7.11. The first kappa shape index (κ1) is 13.0. The minimum absolute atomic E-state index is 0.264. The van der Waals surface area contributed by atoms with Gasteiger partial charge >= 0.3 is 0 Å². The van der Waals surface area contributed by atoms with E-state index in [1.54, 1.807) is 0 Å². The molecule has 3 atom stereocenters. The first-order valence-electron chi connectivity index (χ1n) is 6.49. The van der Waals surface area contributed by atoms with Gasteiger partial charge in [-0.05, 0) is 32.1 Å². The Morgan fingerprint density at radius 1 is 1.13 bits per heavy atom. The van der Waals surface area contributed by atoms with Gasteiger partial charge in [0, 0.05) is 5.92 Å². The van der Waals surface area contributed by atoms with Crippen molar-refractivity contribution in [3.05, 3.63) is 0 Å². The van der Waals surface area contributed by atoms with Crippen LogP contribution in [0, 0.1) is 5.92 Å². The summed E-state index contributed by atoms with van der Waals surface area (Å²) in [4.78, 5) is 0. The van der Waals surface area contributed by atoms with Gasteiger partial charge in [0.1, 0.15) is 0 Å². The molecule has 0 saturated carbocycles. The van der Waals surface area contributed by atoms with Crippen LogP contribution in [0.5, 0.6) is 0 Å². The van der Waals surface area contributed by atoms with Crippen LogP contribution in [0.3, 0.4) is 0 Å². The standard InChI is InChI=1S/C13H26O2/c1-5-10-9-11(12(6-2)15-10)13(14,7-3)8-4/h10-12,14H,5-9H2,1-4H3. The van der Waals surface area contributed by atoms with Crippen LogP contribution >= 0.6 is 0 Å². The molecule has 90 valence electrons. The zero-order valence-electron chi connectivity index (χ0n) is 10.6. The van der Waals surface area contributed by atoms with Gasteiger partial charge < -0.3 is 9.84 Å². The smallest absolute Gasteiger partial charge is 0.0696 e. The van der Waals surface area contributed by atoms with Crippen LogP contribution in [0.1, 0.15) is 59.8 Å². The Morgan fingerprint density at radius 3 is 2.13 bits per heavy atom. The maximum absolute atomic E-state index is 10.6. The van der Waals surface area contributed by atoms with Gasteiger partial charge in [-0.25, -0.2) is 0 Å². The molecule has 0 amide bonds. The molecule has 1 aliphatic rings. The summed E-state index contributed by atoms with van der Waals surface area (Å²) < 4.78 is 5.96. The summed E-state index contributed by atoms with van der Waals surface area (Å²) in [5, 5.41) is 10.6. The normalized spacial score (nSPS) is 32.2. The summed E-state index contributed by atoms with van der Waals surface area (Å²) >= 11 is 0. The zero-order valence-corrected chi connectivity index (χ0v) is 10.6. The Bertz CT molecular complexity index is 187. The second kappa shape index (κ2) is 5.31. The molecule has 0 radical (unpaired) electrons. The van der Waals surface area contributed by atoms with Crippen LogP contribution < -0.4 is 0 Å². The Labute approximate surface area is 94.0 Å². The van der Waals surface area contributed by atoms with E-state index in [4.69, 9.17) is 4.74 Å². The van der Waals surface area contributed by atoms with Crippen LogP contribution in [-0.2, 0) is 4.74 Å². The molecular weight excluding hydrogens is 188 g/mol. The molecule has 1 fully saturated rings. The highest BCUT2D eigenvalue weighted by atomic mass is 16.5. The van der Waals surface area contributed by atoms with Crippen molar-refractivity contribution in [1.29, 1.82) is 0 Å². The fourth-order valence-electron chi connectivity index (χ4n) is 2.82. The second-order valence-electron chi connectivity index (χ2n) is 4.77. The van der Waals surface area contributed by atoms with Crippen molar-refractivity contribution in [1.82, 2.24) is 0 Å². The Morgan fingerprint density at radius 2 is 1.73 bits per heavy atom. The van der Waals surface area contributed by atoms with Crippen molar-refractivity contribution in [2.45, 2.75) is 77.6 Å². The lowest BCUT2D eigenvalue weighted by Crippen LogP contribution is -2.41. The molecule has 3 unspecified atom stereocenters. The lowest BCUT2D eigenvalue weighted by Gasteiger charge is -2.34. The van der Waals surface area contributed by atoms with E-state index in [0.717, 1.165) is 32.1 Å². The van der Waals surface area contributed by atoms with Gasteiger partial charge in [-0.2, -0.15) is 0 Å². The van der Waals surface area contributed by atoms with Crippen LogP contribution in [0.15, 0.2) is 0 Å². The highest BCUT2D eigenvalue weighted by Gasteiger charge is 2.44. The van der Waals surface area contributed by atoms with Gasteiger partial charge in [0.15, 0.2) is 0 Å². The van der Waals surface area contributed by atoms with E-state index in [9.17, 15) is 5.11 Å². The molecule has 0 aliphatic carbocycles. The van der Waals surface area contributed by atoms with E-state index in [0.29, 0.717) is 12.0 Å². The predicted molar refractivity (Wildman–Crippen MR) is 62.9 cm³/mol. The molecule has 0 spiro atoms. The van der Waals surface area contributed by atoms with E-state index in [2.05, 4.69) is 27.7 Å². The summed E-state index contributed by atoms with van der Waals surface area (Å²) in [6.07, 6.45) is 5.42. The molecule has 0 aromatic rings. The third-order valence-corrected chi connectivity index (χ3v) is 4.11. The minimum Gasteiger partial charge on any atom is -0.390 e. The summed E-state index contributed by atoms with van der Waals surface area (Å²) in [5.74, 6) is 0.336. The lowest BCUT2D eigenvalue weighted by atomic mass is 9.77. The van der Waals surface area contributed by atoms with Crippen molar-refractivity contribution < 1.29 is 9.84 Å². The summed E-state index contributed by atoms with van der Waals surface area (Å²) in [5.41, 5.74) is -0.509. The molecule has 1 saturated heterocycles. The molecule has 15 heavy (non-hydrogen) atoms. The minimum atomic E-state index is -0.509. The molecule has 1 heterocycles. The highest BCUT2D eigenvalue weighted by Crippen LogP contribution is 2.40. The quantitative estimate of drug-likeness (QED) is 0.762. The van der Waals surface area contributed by atoms with Gasteiger partial charge in [-0.3, -0.25) is 0 Å². The van der Waals surface area contributed by atoms with Crippen molar-refractivity contribution >= 4 is 0 Å². The third kappa shape index (κ3) is 2.54. The van der Waals surface area contributed by atoms with Crippen molar-refractivity contribution in [3.8, 4) is 0 Å². The number of ether oxygens (including phenoxy) is 1. The third-order valence-electron chi connectivity index (χ3n) is 4.11. The average molecular weight is 214 g/mol. The molecule has 1 aliphatic heterocycles. The first-order valence-corrected chi connectivity index (χ1v) is 6.49. The maximum atomic E-state index is 10.6. The number of rotatable bonds is 5. The fourth-order valence-corrected chi connectivity index (χ4v) is 2.82. The molecule has 0 aromatic carbocycles. The van der Waals surface area contributed by atoms with Gasteiger partial charge in [0.25, 0.3) is 0 Å². The zero-order chi connectivity index (χ0) is 11.5. The maximum Gasteiger partial charge on any atom is 0.0696 e. The van der Waals surface area contributed by atoms with E-state index < -0.39 is 5.60 Å². The second-order valence-corrected chi connectivity index (χ2v) is 4.77. The number of hydrogen-bond donors (Lipinski definition) is 1.